The molecule has 1 saturated heterocycles. The second-order valence-electron chi connectivity index (χ2n) is 3.67. The van der Waals surface area contributed by atoms with Crippen molar-refractivity contribution in [1.82, 2.24) is 4.90 Å². The van der Waals surface area contributed by atoms with Crippen LogP contribution in [0.4, 0.5) is 5.69 Å². The minimum Gasteiger partial charge on any atom is -0.378 e. The molecule has 1 fully saturated rings. The van der Waals surface area contributed by atoms with Crippen LogP contribution in [-0.4, -0.2) is 42.6 Å². The molecule has 0 amide bonds. The lowest BCUT2D eigenvalue weighted by Gasteiger charge is -2.28. The molecule has 0 atom stereocenters. The Morgan fingerprint density at radius 1 is 1.29 bits per heavy atom. The summed E-state index contributed by atoms with van der Waals surface area (Å²) in [6, 6.07) is 7.58. The van der Waals surface area contributed by atoms with Gasteiger partial charge in [-0.05, 0) is 30.5 Å². The molecule has 1 aliphatic rings. The van der Waals surface area contributed by atoms with Gasteiger partial charge in [0.25, 0.3) is 0 Å². The lowest BCUT2D eigenvalue weighted by Crippen LogP contribution is -2.39. The third kappa shape index (κ3) is 3.63. The predicted molar refractivity (Wildman–Crippen MR) is 74.5 cm³/mol. The van der Waals surface area contributed by atoms with Gasteiger partial charge in [0.15, 0.2) is 5.17 Å². The summed E-state index contributed by atoms with van der Waals surface area (Å²) in [6.07, 6.45) is 2.05. The monoisotopic (exact) mass is 270 g/mol. The summed E-state index contributed by atoms with van der Waals surface area (Å²) >= 11 is 7.51. The molecule has 1 aromatic rings. The number of amidine groups is 1. The molecular formula is C12H15ClN2OS. The smallest absolute Gasteiger partial charge is 0.164 e. The maximum absolute atomic E-state index is 5.85. The number of aliphatic imine (C=N–C) groups is 1. The molecule has 0 aromatic heterocycles. The Labute approximate surface area is 111 Å². The first-order chi connectivity index (χ1) is 8.29. The number of morpholine rings is 1. The zero-order chi connectivity index (χ0) is 12.1. The fourth-order valence-electron chi connectivity index (χ4n) is 1.63. The van der Waals surface area contributed by atoms with Gasteiger partial charge in [-0.3, -0.25) is 0 Å². The second kappa shape index (κ2) is 6.28. The first-order valence-corrected chi connectivity index (χ1v) is 7.11. The third-order valence-electron chi connectivity index (χ3n) is 2.52. The van der Waals surface area contributed by atoms with E-state index < -0.39 is 0 Å². The lowest BCUT2D eigenvalue weighted by atomic mass is 10.3. The highest BCUT2D eigenvalue weighted by atomic mass is 35.5. The first-order valence-electron chi connectivity index (χ1n) is 5.50. The van der Waals surface area contributed by atoms with Gasteiger partial charge in [0.1, 0.15) is 0 Å². The number of hydrogen-bond donors (Lipinski definition) is 0. The van der Waals surface area contributed by atoms with E-state index in [1.165, 1.54) is 0 Å². The molecule has 2 rings (SSSR count). The standard InChI is InChI=1S/C12H15ClN2OS/c1-17-12(15-6-8-16-9-7-15)14-11-4-2-10(13)3-5-11/h2-5H,6-9H2,1H3. The van der Waals surface area contributed by atoms with E-state index in [1.807, 2.05) is 30.5 Å². The summed E-state index contributed by atoms with van der Waals surface area (Å²) in [5.41, 5.74) is 0.935. The van der Waals surface area contributed by atoms with Crippen molar-refractivity contribution in [3.05, 3.63) is 29.3 Å². The highest BCUT2D eigenvalue weighted by Crippen LogP contribution is 2.19. The number of benzene rings is 1. The Balaban J connectivity index is 2.13. The van der Waals surface area contributed by atoms with Crippen molar-refractivity contribution in [2.75, 3.05) is 32.6 Å². The molecule has 0 N–H and O–H groups in total. The van der Waals surface area contributed by atoms with Gasteiger partial charge >= 0.3 is 0 Å². The van der Waals surface area contributed by atoms with E-state index in [1.54, 1.807) is 11.8 Å². The molecule has 1 heterocycles. The maximum atomic E-state index is 5.85. The van der Waals surface area contributed by atoms with Gasteiger partial charge in [0, 0.05) is 18.1 Å². The van der Waals surface area contributed by atoms with Crippen LogP contribution in [0.2, 0.25) is 5.02 Å². The average Bonchev–Trinajstić information content (AvgIpc) is 2.39. The molecule has 0 unspecified atom stereocenters. The first kappa shape index (κ1) is 12.7. The van der Waals surface area contributed by atoms with Gasteiger partial charge in [0.05, 0.1) is 18.9 Å². The largest absolute Gasteiger partial charge is 0.378 e. The van der Waals surface area contributed by atoms with Crippen LogP contribution in [0, 0.1) is 0 Å². The molecular weight excluding hydrogens is 256 g/mol. The molecule has 1 aliphatic heterocycles. The van der Waals surface area contributed by atoms with Gasteiger partial charge in [-0.25, -0.2) is 4.99 Å². The zero-order valence-electron chi connectivity index (χ0n) is 9.73. The Morgan fingerprint density at radius 3 is 2.53 bits per heavy atom. The van der Waals surface area contributed by atoms with E-state index in [2.05, 4.69) is 9.89 Å². The Morgan fingerprint density at radius 2 is 1.94 bits per heavy atom. The Kier molecular flexibility index (Phi) is 4.71. The number of thioether (sulfide) groups is 1. The molecule has 5 heteroatoms. The maximum Gasteiger partial charge on any atom is 0.164 e. The van der Waals surface area contributed by atoms with Crippen LogP contribution < -0.4 is 0 Å². The molecule has 17 heavy (non-hydrogen) atoms. The van der Waals surface area contributed by atoms with E-state index in [-0.39, 0.29) is 0 Å². The molecule has 0 saturated carbocycles. The Bertz CT molecular complexity index is 388. The summed E-state index contributed by atoms with van der Waals surface area (Å²) < 4.78 is 5.34. The second-order valence-corrected chi connectivity index (χ2v) is 4.88. The van der Waals surface area contributed by atoms with Gasteiger partial charge in [0.2, 0.25) is 0 Å². The highest BCUT2D eigenvalue weighted by molar-refractivity contribution is 8.13. The average molecular weight is 271 g/mol. The van der Waals surface area contributed by atoms with E-state index in [9.17, 15) is 0 Å². The van der Waals surface area contributed by atoms with Crippen molar-refractivity contribution < 1.29 is 4.74 Å². The third-order valence-corrected chi connectivity index (χ3v) is 3.48. The van der Waals surface area contributed by atoms with Crippen LogP contribution in [0.1, 0.15) is 0 Å². The van der Waals surface area contributed by atoms with Crippen molar-refractivity contribution in [1.29, 1.82) is 0 Å². The molecule has 1 aromatic carbocycles. The summed E-state index contributed by atoms with van der Waals surface area (Å²) in [7, 11) is 0. The molecule has 92 valence electrons. The van der Waals surface area contributed by atoms with Gasteiger partial charge < -0.3 is 9.64 Å². The minimum atomic E-state index is 0.737. The fourth-order valence-corrected chi connectivity index (χ4v) is 2.39. The summed E-state index contributed by atoms with van der Waals surface area (Å²) in [5, 5.41) is 1.77. The molecule has 3 nitrogen and oxygen atoms in total. The van der Waals surface area contributed by atoms with Crippen molar-refractivity contribution in [2.45, 2.75) is 0 Å². The van der Waals surface area contributed by atoms with Gasteiger partial charge in [-0.2, -0.15) is 0 Å². The topological polar surface area (TPSA) is 24.8 Å². The summed E-state index contributed by atoms with van der Waals surface area (Å²) in [4.78, 5) is 6.89. The van der Waals surface area contributed by atoms with Crippen molar-refractivity contribution >= 4 is 34.2 Å². The van der Waals surface area contributed by atoms with E-state index >= 15 is 0 Å². The Hall–Kier alpha value is -0.710. The molecule has 0 radical (unpaired) electrons. The number of hydrogen-bond acceptors (Lipinski definition) is 3. The number of ether oxygens (including phenoxy) is 1. The van der Waals surface area contributed by atoms with Gasteiger partial charge in [-0.15, -0.1) is 0 Å². The van der Waals surface area contributed by atoms with Crippen LogP contribution >= 0.6 is 23.4 Å². The summed E-state index contributed by atoms with van der Waals surface area (Å²) in [6.45, 7) is 3.38. The number of rotatable bonds is 1. The SMILES string of the molecule is CSC(=Nc1ccc(Cl)cc1)N1CCOCC1. The van der Waals surface area contributed by atoms with E-state index in [0.29, 0.717) is 0 Å². The van der Waals surface area contributed by atoms with Crippen molar-refractivity contribution in [2.24, 2.45) is 4.99 Å². The van der Waals surface area contributed by atoms with Crippen LogP contribution in [0.3, 0.4) is 0 Å². The predicted octanol–water partition coefficient (Wildman–Crippen LogP) is 3.02. The van der Waals surface area contributed by atoms with Crippen molar-refractivity contribution in [3.8, 4) is 0 Å². The van der Waals surface area contributed by atoms with E-state index in [0.717, 1.165) is 42.2 Å². The van der Waals surface area contributed by atoms with Crippen LogP contribution in [0.25, 0.3) is 0 Å². The quantitative estimate of drug-likeness (QED) is 0.579. The number of nitrogens with zero attached hydrogens (tertiary/aromatic N) is 2. The summed E-state index contributed by atoms with van der Waals surface area (Å²) in [5.74, 6) is 0. The number of halogens is 1. The lowest BCUT2D eigenvalue weighted by molar-refractivity contribution is 0.0694. The van der Waals surface area contributed by atoms with Crippen LogP contribution in [0.15, 0.2) is 29.3 Å². The normalized spacial score (nSPS) is 17.3. The van der Waals surface area contributed by atoms with E-state index in [4.69, 9.17) is 16.3 Å². The molecule has 0 spiro atoms. The van der Waals surface area contributed by atoms with Crippen LogP contribution in [-0.2, 0) is 4.74 Å². The zero-order valence-corrected chi connectivity index (χ0v) is 11.3. The van der Waals surface area contributed by atoms with Gasteiger partial charge in [-0.1, -0.05) is 23.4 Å². The minimum absolute atomic E-state index is 0.737. The molecule has 0 aliphatic carbocycles. The highest BCUT2D eigenvalue weighted by Gasteiger charge is 2.14. The molecule has 0 bridgehead atoms. The van der Waals surface area contributed by atoms with Crippen molar-refractivity contribution in [3.63, 3.8) is 0 Å². The fraction of sp³-hybridized carbons (Fsp3) is 0.417. The van der Waals surface area contributed by atoms with Crippen LogP contribution in [0.5, 0.6) is 0 Å².